The second kappa shape index (κ2) is 11.4. The fraction of sp³-hybridized carbons (Fsp3) is 0.500. The number of thiophene rings is 1. The molecule has 0 spiro atoms. The Hall–Kier alpha value is -3.75. The third-order valence-electron chi connectivity index (χ3n) is 9.63. The van der Waals surface area contributed by atoms with Gasteiger partial charge in [-0.25, -0.2) is 4.39 Å². The summed E-state index contributed by atoms with van der Waals surface area (Å²) in [7, 11) is 0. The summed E-state index contributed by atoms with van der Waals surface area (Å²) in [5.74, 6) is 0.660. The van der Waals surface area contributed by atoms with Gasteiger partial charge in [0.05, 0.1) is 36.3 Å². The minimum Gasteiger partial charge on any atom is -0.461 e. The van der Waals surface area contributed by atoms with E-state index in [-0.39, 0.29) is 23.9 Å². The molecule has 0 bridgehead atoms. The molecule has 7 rings (SSSR count). The quantitative estimate of drug-likeness (QED) is 0.370. The van der Waals surface area contributed by atoms with Gasteiger partial charge >= 0.3 is 6.01 Å². The van der Waals surface area contributed by atoms with E-state index in [0.29, 0.717) is 51.8 Å². The van der Waals surface area contributed by atoms with Crippen LogP contribution in [-0.4, -0.2) is 89.3 Å². The number of fused-ring (bicyclic) bond motifs is 3. The Balaban J connectivity index is 1.21. The normalized spacial score (nSPS) is 25.4. The smallest absolute Gasteiger partial charge is 0.318 e. The molecule has 0 N–H and O–H groups in total. The summed E-state index contributed by atoms with van der Waals surface area (Å²) in [6, 6.07) is 10.9. The van der Waals surface area contributed by atoms with Gasteiger partial charge in [-0.15, -0.1) is 11.3 Å². The summed E-state index contributed by atoms with van der Waals surface area (Å²) >= 11 is 1.74. The molecule has 1 aromatic carbocycles. The molecule has 43 heavy (non-hydrogen) atoms. The van der Waals surface area contributed by atoms with Gasteiger partial charge in [0.15, 0.2) is 0 Å². The van der Waals surface area contributed by atoms with Crippen molar-refractivity contribution < 1.29 is 13.9 Å². The number of carbonyl (C=O) groups is 1. The fourth-order valence-electron chi connectivity index (χ4n) is 7.56. The number of aromatic nitrogens is 2. The molecule has 1 unspecified atom stereocenters. The lowest BCUT2D eigenvalue weighted by Crippen LogP contribution is -2.55. The van der Waals surface area contributed by atoms with Crippen LogP contribution >= 0.6 is 11.3 Å². The number of alkyl halides is 1. The standard InChI is InChI=1S/C32H36FN7O2S/c1-2-29(41)40-15-14-38(19-23(40)7-11-34)30-24-8-13-37(27-5-3-6-28-25(27)9-16-43-28)20-26(24)35-31(36-30)42-21-32-10-4-12-39(32)18-22(33)17-32/h2-3,5-6,9,16,22-23H,1,4,7-8,10,12-15,17-21H2/t22-,23+,32?/m1/s1. The molecule has 0 aliphatic carbocycles. The lowest BCUT2D eigenvalue weighted by molar-refractivity contribution is -0.128. The van der Waals surface area contributed by atoms with Crippen LogP contribution in [0.5, 0.6) is 6.01 Å². The van der Waals surface area contributed by atoms with Crippen molar-refractivity contribution in [3.63, 3.8) is 0 Å². The Bertz CT molecular complexity index is 1590. The number of benzene rings is 1. The van der Waals surface area contributed by atoms with E-state index in [0.717, 1.165) is 49.4 Å². The fourth-order valence-corrected chi connectivity index (χ4v) is 8.36. The SMILES string of the molecule is C=CC(=O)N1CCN(c2nc(OCC34CCCN3C[C@H](F)C4)nc3c2CCN(c2cccc4sccc24)C3)C[C@@H]1CC#N. The second-order valence-electron chi connectivity index (χ2n) is 12.1. The number of halogens is 1. The lowest BCUT2D eigenvalue weighted by atomic mass is 9.95. The Kier molecular flexibility index (Phi) is 7.43. The van der Waals surface area contributed by atoms with Crippen LogP contribution in [0.15, 0.2) is 42.3 Å². The number of amides is 1. The number of piperazine rings is 1. The minimum absolute atomic E-state index is 0.157. The Morgan fingerprint density at radius 2 is 2.12 bits per heavy atom. The van der Waals surface area contributed by atoms with Crippen molar-refractivity contribution >= 4 is 38.8 Å². The highest BCUT2D eigenvalue weighted by Crippen LogP contribution is 2.41. The van der Waals surface area contributed by atoms with Gasteiger partial charge in [0.25, 0.3) is 0 Å². The van der Waals surface area contributed by atoms with Gasteiger partial charge in [-0.2, -0.15) is 15.2 Å². The van der Waals surface area contributed by atoms with E-state index < -0.39 is 6.17 Å². The zero-order chi connectivity index (χ0) is 29.6. The highest BCUT2D eigenvalue weighted by atomic mass is 32.1. The molecule has 3 atom stereocenters. The van der Waals surface area contributed by atoms with Crippen molar-refractivity contribution in [2.45, 2.75) is 56.4 Å². The van der Waals surface area contributed by atoms with Crippen LogP contribution in [0, 0.1) is 11.3 Å². The van der Waals surface area contributed by atoms with E-state index in [1.165, 1.54) is 21.8 Å². The maximum atomic E-state index is 14.5. The number of nitrogens with zero attached hydrogens (tertiary/aromatic N) is 7. The Labute approximate surface area is 255 Å². The van der Waals surface area contributed by atoms with Crippen LogP contribution in [0.4, 0.5) is 15.9 Å². The van der Waals surface area contributed by atoms with Crippen molar-refractivity contribution in [1.82, 2.24) is 19.8 Å². The molecular weight excluding hydrogens is 565 g/mol. The van der Waals surface area contributed by atoms with E-state index >= 15 is 0 Å². The lowest BCUT2D eigenvalue weighted by Gasteiger charge is -2.42. The maximum absolute atomic E-state index is 14.5. The minimum atomic E-state index is -0.830. The van der Waals surface area contributed by atoms with Crippen LogP contribution in [0.1, 0.15) is 36.9 Å². The van der Waals surface area contributed by atoms with Crippen LogP contribution in [-0.2, 0) is 17.8 Å². The van der Waals surface area contributed by atoms with E-state index in [4.69, 9.17) is 14.7 Å². The average Bonchev–Trinajstić information content (AvgIpc) is 3.73. The number of rotatable bonds is 7. The largest absolute Gasteiger partial charge is 0.461 e. The van der Waals surface area contributed by atoms with Crippen LogP contribution in [0.3, 0.4) is 0 Å². The molecular formula is C32H36FN7O2S. The van der Waals surface area contributed by atoms with Gasteiger partial charge in [0, 0.05) is 60.5 Å². The third kappa shape index (κ3) is 5.10. The van der Waals surface area contributed by atoms with Crippen LogP contribution in [0.25, 0.3) is 10.1 Å². The van der Waals surface area contributed by atoms with Crippen molar-refractivity contribution in [3.8, 4) is 12.1 Å². The van der Waals surface area contributed by atoms with Gasteiger partial charge in [0.2, 0.25) is 5.91 Å². The second-order valence-corrected chi connectivity index (χ2v) is 13.0. The molecule has 0 radical (unpaired) electrons. The first kappa shape index (κ1) is 28.0. The Morgan fingerprint density at radius 3 is 2.98 bits per heavy atom. The molecule has 3 fully saturated rings. The predicted octanol–water partition coefficient (Wildman–Crippen LogP) is 4.33. The monoisotopic (exact) mass is 601 g/mol. The van der Waals surface area contributed by atoms with E-state index in [2.05, 4.69) is 57.0 Å². The van der Waals surface area contributed by atoms with E-state index in [1.54, 1.807) is 16.2 Å². The molecule has 9 nitrogen and oxygen atoms in total. The molecule has 3 saturated heterocycles. The molecule has 2 aromatic heterocycles. The van der Waals surface area contributed by atoms with Gasteiger partial charge < -0.3 is 19.4 Å². The van der Waals surface area contributed by atoms with Crippen molar-refractivity contribution in [3.05, 3.63) is 53.6 Å². The molecule has 6 heterocycles. The molecule has 3 aromatic rings. The maximum Gasteiger partial charge on any atom is 0.318 e. The highest BCUT2D eigenvalue weighted by Gasteiger charge is 2.49. The van der Waals surface area contributed by atoms with Gasteiger partial charge in [-0.05, 0) is 55.5 Å². The first-order chi connectivity index (χ1) is 21.0. The number of hydrogen-bond donors (Lipinski definition) is 0. The molecule has 4 aliphatic heterocycles. The van der Waals surface area contributed by atoms with E-state index in [9.17, 15) is 14.4 Å². The number of hydrogen-bond acceptors (Lipinski definition) is 9. The molecule has 1 amide bonds. The number of anilines is 2. The average molecular weight is 602 g/mol. The first-order valence-electron chi connectivity index (χ1n) is 15.2. The predicted molar refractivity (Wildman–Crippen MR) is 165 cm³/mol. The topological polar surface area (TPSA) is 88.8 Å². The Morgan fingerprint density at radius 1 is 1.21 bits per heavy atom. The number of carbonyl (C=O) groups excluding carboxylic acids is 1. The highest BCUT2D eigenvalue weighted by molar-refractivity contribution is 7.17. The van der Waals surface area contributed by atoms with Crippen molar-refractivity contribution in [2.75, 3.05) is 55.7 Å². The zero-order valence-corrected chi connectivity index (χ0v) is 25.1. The molecule has 0 saturated carbocycles. The molecule has 11 heteroatoms. The number of ether oxygens (including phenoxy) is 1. The van der Waals surface area contributed by atoms with Crippen LogP contribution in [0.2, 0.25) is 0 Å². The van der Waals surface area contributed by atoms with Gasteiger partial charge in [-0.1, -0.05) is 12.6 Å². The summed E-state index contributed by atoms with van der Waals surface area (Å²) in [4.78, 5) is 31.0. The van der Waals surface area contributed by atoms with E-state index in [1.807, 2.05) is 0 Å². The zero-order valence-electron chi connectivity index (χ0n) is 24.3. The summed E-state index contributed by atoms with van der Waals surface area (Å²) in [5.41, 5.74) is 2.91. The van der Waals surface area contributed by atoms with Gasteiger partial charge in [0.1, 0.15) is 18.6 Å². The van der Waals surface area contributed by atoms with Crippen molar-refractivity contribution in [1.29, 1.82) is 5.26 Å². The van der Waals surface area contributed by atoms with Crippen molar-refractivity contribution in [2.24, 2.45) is 0 Å². The number of nitriles is 1. The summed E-state index contributed by atoms with van der Waals surface area (Å²) in [5, 5.41) is 12.9. The molecule has 224 valence electrons. The summed E-state index contributed by atoms with van der Waals surface area (Å²) in [6.45, 7) is 8.39. The summed E-state index contributed by atoms with van der Waals surface area (Å²) < 4.78 is 22.1. The third-order valence-corrected chi connectivity index (χ3v) is 10.5. The molecule has 4 aliphatic rings. The summed E-state index contributed by atoms with van der Waals surface area (Å²) in [6.07, 6.45) is 3.93. The first-order valence-corrected chi connectivity index (χ1v) is 16.0. The van der Waals surface area contributed by atoms with Gasteiger partial charge in [-0.3, -0.25) is 9.69 Å². The van der Waals surface area contributed by atoms with Crippen LogP contribution < -0.4 is 14.5 Å².